The maximum absolute atomic E-state index is 8.90. The Labute approximate surface area is 82.0 Å². The minimum absolute atomic E-state index is 0.00722. The molecule has 2 N–H and O–H groups in total. The maximum Gasteiger partial charge on any atom is 0.154 e. The van der Waals surface area contributed by atoms with Crippen LogP contribution in [0.15, 0.2) is 0 Å². The van der Waals surface area contributed by atoms with Crippen LogP contribution in [-0.4, -0.2) is 16.5 Å². The van der Waals surface area contributed by atoms with Crippen LogP contribution in [0.4, 0.5) is 0 Å². The topological polar surface area (TPSA) is 40.5 Å². The predicted octanol–water partition coefficient (Wildman–Crippen LogP) is 2.40. The monoisotopic (exact) mass is 188 g/mol. The highest BCUT2D eigenvalue weighted by atomic mass is 16.5. The summed E-state index contributed by atoms with van der Waals surface area (Å²) in [4.78, 5) is 0. The molecule has 0 aliphatic carbocycles. The summed E-state index contributed by atoms with van der Waals surface area (Å²) in [6.07, 6.45) is 2.05. The van der Waals surface area contributed by atoms with Crippen LogP contribution in [0, 0.1) is 17.8 Å². The Kier molecular flexibility index (Phi) is 6.35. The number of aliphatic hydroxyl groups excluding tert-OH is 1. The van der Waals surface area contributed by atoms with Gasteiger partial charge in [-0.3, -0.25) is 0 Å². The molecule has 0 fully saturated rings. The van der Waals surface area contributed by atoms with E-state index in [1.807, 2.05) is 6.92 Å². The van der Waals surface area contributed by atoms with Crippen molar-refractivity contribution < 1.29 is 10.2 Å². The largest absolute Gasteiger partial charge is 0.368 e. The third-order valence-electron chi connectivity index (χ3n) is 2.97. The fraction of sp³-hybridized carbons (Fsp3) is 1.00. The number of hydrogen-bond donors (Lipinski definition) is 2. The van der Waals surface area contributed by atoms with Gasteiger partial charge in [0.25, 0.3) is 0 Å². The van der Waals surface area contributed by atoms with Crippen LogP contribution in [0.2, 0.25) is 0 Å². The summed E-state index contributed by atoms with van der Waals surface area (Å²) >= 11 is 0. The summed E-state index contributed by atoms with van der Waals surface area (Å²) < 4.78 is 0. The van der Waals surface area contributed by atoms with Crippen molar-refractivity contribution in [2.75, 3.05) is 0 Å². The van der Waals surface area contributed by atoms with Gasteiger partial charge in [0.15, 0.2) is 6.29 Å². The Hall–Kier alpha value is -0.0800. The first-order chi connectivity index (χ1) is 5.99. The molecule has 0 radical (unpaired) electrons. The quantitative estimate of drug-likeness (QED) is 0.628. The Morgan fingerprint density at radius 2 is 1.54 bits per heavy atom. The summed E-state index contributed by atoms with van der Waals surface area (Å²) in [7, 11) is 0. The molecule has 0 heterocycles. The molecule has 0 saturated heterocycles. The third-order valence-corrected chi connectivity index (χ3v) is 2.97. The molecule has 13 heavy (non-hydrogen) atoms. The molecule has 2 unspecified atom stereocenters. The van der Waals surface area contributed by atoms with E-state index in [2.05, 4.69) is 20.8 Å². The first kappa shape index (κ1) is 12.9. The van der Waals surface area contributed by atoms with E-state index >= 15 is 0 Å². The SMILES string of the molecule is CCC(CCC(C)C(O)O)C(C)C. The first-order valence-corrected chi connectivity index (χ1v) is 5.35. The van der Waals surface area contributed by atoms with Crippen molar-refractivity contribution in [1.29, 1.82) is 0 Å². The molecule has 0 saturated carbocycles. The minimum Gasteiger partial charge on any atom is -0.368 e. The van der Waals surface area contributed by atoms with E-state index in [1.165, 1.54) is 6.42 Å². The molecule has 0 rings (SSSR count). The molecule has 0 aromatic carbocycles. The van der Waals surface area contributed by atoms with Gasteiger partial charge in [0.1, 0.15) is 0 Å². The van der Waals surface area contributed by atoms with Crippen LogP contribution in [0.3, 0.4) is 0 Å². The lowest BCUT2D eigenvalue weighted by atomic mass is 9.86. The van der Waals surface area contributed by atoms with Gasteiger partial charge in [0.2, 0.25) is 0 Å². The van der Waals surface area contributed by atoms with Crippen molar-refractivity contribution in [3.63, 3.8) is 0 Å². The lowest BCUT2D eigenvalue weighted by Gasteiger charge is -2.21. The Morgan fingerprint density at radius 3 is 1.85 bits per heavy atom. The van der Waals surface area contributed by atoms with Gasteiger partial charge >= 0.3 is 0 Å². The van der Waals surface area contributed by atoms with Crippen molar-refractivity contribution in [1.82, 2.24) is 0 Å². The molecule has 0 aromatic heterocycles. The second-order valence-corrected chi connectivity index (χ2v) is 4.38. The van der Waals surface area contributed by atoms with Crippen molar-refractivity contribution in [2.45, 2.75) is 53.2 Å². The van der Waals surface area contributed by atoms with E-state index in [9.17, 15) is 0 Å². The summed E-state index contributed by atoms with van der Waals surface area (Å²) in [5.41, 5.74) is 0. The van der Waals surface area contributed by atoms with Crippen LogP contribution in [0.1, 0.15) is 47.0 Å². The van der Waals surface area contributed by atoms with Crippen LogP contribution in [0.5, 0.6) is 0 Å². The smallest absolute Gasteiger partial charge is 0.154 e. The lowest BCUT2D eigenvalue weighted by Crippen LogP contribution is -2.18. The second-order valence-electron chi connectivity index (χ2n) is 4.38. The summed E-state index contributed by atoms with van der Waals surface area (Å²) in [5, 5.41) is 17.8. The highest BCUT2D eigenvalue weighted by Gasteiger charge is 2.15. The van der Waals surface area contributed by atoms with Gasteiger partial charge in [-0.15, -0.1) is 0 Å². The van der Waals surface area contributed by atoms with Crippen LogP contribution < -0.4 is 0 Å². The van der Waals surface area contributed by atoms with E-state index in [0.29, 0.717) is 5.92 Å². The van der Waals surface area contributed by atoms with Crippen LogP contribution in [0.25, 0.3) is 0 Å². The standard InChI is InChI=1S/C11H24O2/c1-5-10(8(2)3)7-6-9(4)11(12)13/h8-13H,5-7H2,1-4H3. The molecular weight excluding hydrogens is 164 g/mol. The average molecular weight is 188 g/mol. The van der Waals surface area contributed by atoms with E-state index in [-0.39, 0.29) is 5.92 Å². The third kappa shape index (κ3) is 5.27. The molecule has 0 aromatic rings. The van der Waals surface area contributed by atoms with E-state index in [1.54, 1.807) is 0 Å². The zero-order valence-corrected chi connectivity index (χ0v) is 9.33. The summed E-state index contributed by atoms with van der Waals surface area (Å²) in [6.45, 7) is 8.55. The fourth-order valence-electron chi connectivity index (χ4n) is 1.63. The molecule has 0 bridgehead atoms. The lowest BCUT2D eigenvalue weighted by molar-refractivity contribution is -0.0818. The zero-order valence-electron chi connectivity index (χ0n) is 9.33. The van der Waals surface area contributed by atoms with Gasteiger partial charge in [-0.1, -0.05) is 34.1 Å². The molecule has 80 valence electrons. The normalized spacial score (nSPS) is 16.6. The fourth-order valence-corrected chi connectivity index (χ4v) is 1.63. The predicted molar refractivity (Wildman–Crippen MR) is 55.2 cm³/mol. The van der Waals surface area contributed by atoms with Crippen molar-refractivity contribution in [3.05, 3.63) is 0 Å². The molecule has 2 heteroatoms. The van der Waals surface area contributed by atoms with Crippen molar-refractivity contribution >= 4 is 0 Å². The molecule has 0 spiro atoms. The maximum atomic E-state index is 8.90. The van der Waals surface area contributed by atoms with Crippen LogP contribution >= 0.6 is 0 Å². The second kappa shape index (κ2) is 6.39. The Morgan fingerprint density at radius 1 is 1.00 bits per heavy atom. The first-order valence-electron chi connectivity index (χ1n) is 5.35. The molecule has 0 aliphatic rings. The highest BCUT2D eigenvalue weighted by Crippen LogP contribution is 2.23. The van der Waals surface area contributed by atoms with E-state index < -0.39 is 6.29 Å². The average Bonchev–Trinajstić information content (AvgIpc) is 2.04. The summed E-state index contributed by atoms with van der Waals surface area (Å²) in [6, 6.07) is 0. The minimum atomic E-state index is -1.15. The van der Waals surface area contributed by atoms with Gasteiger partial charge in [-0.25, -0.2) is 0 Å². The van der Waals surface area contributed by atoms with Gasteiger partial charge in [-0.2, -0.15) is 0 Å². The van der Waals surface area contributed by atoms with Crippen molar-refractivity contribution in [3.8, 4) is 0 Å². The van der Waals surface area contributed by atoms with Gasteiger partial charge in [0.05, 0.1) is 0 Å². The molecule has 0 aliphatic heterocycles. The molecule has 2 atom stereocenters. The van der Waals surface area contributed by atoms with Gasteiger partial charge in [0, 0.05) is 5.92 Å². The zero-order chi connectivity index (χ0) is 10.4. The molecule has 2 nitrogen and oxygen atoms in total. The number of rotatable bonds is 6. The summed E-state index contributed by atoms with van der Waals surface area (Å²) in [5.74, 6) is 1.43. The van der Waals surface area contributed by atoms with Crippen LogP contribution in [-0.2, 0) is 0 Å². The highest BCUT2D eigenvalue weighted by molar-refractivity contribution is 4.64. The van der Waals surface area contributed by atoms with Gasteiger partial charge < -0.3 is 10.2 Å². The van der Waals surface area contributed by atoms with E-state index in [0.717, 1.165) is 18.8 Å². The van der Waals surface area contributed by atoms with Crippen molar-refractivity contribution in [2.24, 2.45) is 17.8 Å². The Balaban J connectivity index is 3.72. The molecule has 0 amide bonds. The molecular formula is C11H24O2. The van der Waals surface area contributed by atoms with E-state index in [4.69, 9.17) is 10.2 Å². The number of aliphatic hydroxyl groups is 2. The number of hydrogen-bond acceptors (Lipinski definition) is 2. The Bertz CT molecular complexity index is 121. The van der Waals surface area contributed by atoms with Gasteiger partial charge in [-0.05, 0) is 24.7 Å².